The molecule has 2 heterocycles. The second-order valence-corrected chi connectivity index (χ2v) is 8.77. The van der Waals surface area contributed by atoms with Gasteiger partial charge in [0.2, 0.25) is 5.91 Å². The number of aryl methyl sites for hydroxylation is 1. The minimum absolute atomic E-state index is 0.112. The van der Waals surface area contributed by atoms with Crippen LogP contribution in [-0.2, 0) is 4.79 Å². The molecule has 0 N–H and O–H groups in total. The van der Waals surface area contributed by atoms with Gasteiger partial charge < -0.3 is 9.64 Å². The van der Waals surface area contributed by atoms with Crippen LogP contribution in [0.4, 0.5) is 4.39 Å². The summed E-state index contributed by atoms with van der Waals surface area (Å²) >= 11 is 0. The molecule has 1 aliphatic heterocycles. The summed E-state index contributed by atoms with van der Waals surface area (Å²) in [7, 11) is 0. The van der Waals surface area contributed by atoms with Gasteiger partial charge in [0.25, 0.3) is 0 Å². The third-order valence-corrected chi connectivity index (χ3v) is 6.59. The molecular formula is C26H27FN2O2. The van der Waals surface area contributed by atoms with Crippen molar-refractivity contribution in [3.8, 4) is 16.9 Å². The molecule has 2 aromatic carbocycles. The second-order valence-electron chi connectivity index (χ2n) is 8.77. The first-order valence-electron chi connectivity index (χ1n) is 11.2. The van der Waals surface area contributed by atoms with Crippen LogP contribution >= 0.6 is 0 Å². The Balaban J connectivity index is 1.24. The van der Waals surface area contributed by atoms with Gasteiger partial charge in [0, 0.05) is 48.5 Å². The summed E-state index contributed by atoms with van der Waals surface area (Å²) in [5, 5.41) is 0.800. The van der Waals surface area contributed by atoms with Crippen molar-refractivity contribution in [1.82, 2.24) is 9.88 Å². The zero-order valence-corrected chi connectivity index (χ0v) is 17.8. The first-order chi connectivity index (χ1) is 15.1. The highest BCUT2D eigenvalue weighted by Gasteiger charge is 2.32. The summed E-state index contributed by atoms with van der Waals surface area (Å²) in [4.78, 5) is 18.9. The first kappa shape index (κ1) is 20.0. The molecule has 0 spiro atoms. The molecule has 5 rings (SSSR count). The van der Waals surface area contributed by atoms with E-state index < -0.39 is 0 Å². The highest BCUT2D eigenvalue weighted by atomic mass is 19.1. The van der Waals surface area contributed by atoms with Gasteiger partial charge in [-0.15, -0.1) is 0 Å². The number of halogens is 1. The number of ether oxygens (including phenoxy) is 1. The lowest BCUT2D eigenvalue weighted by molar-refractivity contribution is -0.140. The third kappa shape index (κ3) is 4.14. The van der Waals surface area contributed by atoms with E-state index >= 15 is 0 Å². The van der Waals surface area contributed by atoms with Crippen LogP contribution < -0.4 is 4.74 Å². The summed E-state index contributed by atoms with van der Waals surface area (Å²) in [6.07, 6.45) is 5.10. The number of rotatable bonds is 4. The zero-order valence-electron chi connectivity index (χ0n) is 17.8. The molecule has 2 fully saturated rings. The molecule has 1 saturated heterocycles. The number of hydrogen-bond acceptors (Lipinski definition) is 3. The molecule has 2 aliphatic rings. The number of amides is 1. The Morgan fingerprint density at radius 1 is 1.03 bits per heavy atom. The molecular weight excluding hydrogens is 391 g/mol. The fraction of sp³-hybridized carbons (Fsp3) is 0.385. The Bertz CT molecular complexity index is 1100. The number of hydrogen-bond donors (Lipinski definition) is 0. The molecule has 160 valence electrons. The number of benzene rings is 2. The van der Waals surface area contributed by atoms with Gasteiger partial charge in [0.15, 0.2) is 0 Å². The smallest absolute Gasteiger partial charge is 0.225 e. The first-order valence-corrected chi connectivity index (χ1v) is 11.2. The molecule has 5 heteroatoms. The fourth-order valence-electron chi connectivity index (χ4n) is 4.48. The van der Waals surface area contributed by atoms with Gasteiger partial charge >= 0.3 is 0 Å². The molecule has 0 unspecified atom stereocenters. The average Bonchev–Trinajstić information content (AvgIpc) is 2.73. The summed E-state index contributed by atoms with van der Waals surface area (Å²) < 4.78 is 20.8. The minimum atomic E-state index is -0.254. The van der Waals surface area contributed by atoms with E-state index in [1.54, 1.807) is 6.07 Å². The Morgan fingerprint density at radius 3 is 2.45 bits per heavy atom. The van der Waals surface area contributed by atoms with E-state index in [0.29, 0.717) is 11.5 Å². The van der Waals surface area contributed by atoms with Gasteiger partial charge in [-0.1, -0.05) is 24.6 Å². The van der Waals surface area contributed by atoms with Crippen LogP contribution in [-0.4, -0.2) is 35.0 Å². The SMILES string of the molecule is Cc1ccc2cc(F)c(-c3ccc(OC4CCN(C(=O)C5CCC5)CC4)cc3)cc2n1. The molecule has 31 heavy (non-hydrogen) atoms. The lowest BCUT2D eigenvalue weighted by Crippen LogP contribution is -2.45. The van der Waals surface area contributed by atoms with E-state index in [2.05, 4.69) is 4.98 Å². The largest absolute Gasteiger partial charge is 0.490 e. The molecule has 1 saturated carbocycles. The van der Waals surface area contributed by atoms with Gasteiger partial charge in [0.05, 0.1) is 5.52 Å². The van der Waals surface area contributed by atoms with Crippen LogP contribution in [0.2, 0.25) is 0 Å². The van der Waals surface area contributed by atoms with E-state index in [4.69, 9.17) is 4.74 Å². The number of likely N-dealkylation sites (tertiary alicyclic amines) is 1. The van der Waals surface area contributed by atoms with Crippen molar-refractivity contribution in [3.05, 3.63) is 60.0 Å². The minimum Gasteiger partial charge on any atom is -0.490 e. The van der Waals surface area contributed by atoms with E-state index in [-0.39, 0.29) is 17.8 Å². The number of pyridine rings is 1. The number of fused-ring (bicyclic) bond motifs is 1. The molecule has 4 nitrogen and oxygen atoms in total. The quantitative estimate of drug-likeness (QED) is 0.560. The summed E-state index contributed by atoms with van der Waals surface area (Å²) in [5.41, 5.74) is 3.05. The van der Waals surface area contributed by atoms with Crippen LogP contribution in [0.25, 0.3) is 22.0 Å². The molecule has 1 amide bonds. The topological polar surface area (TPSA) is 42.4 Å². The van der Waals surface area contributed by atoms with Crippen LogP contribution in [0, 0.1) is 18.7 Å². The van der Waals surface area contributed by atoms with Gasteiger partial charge in [-0.2, -0.15) is 0 Å². The number of piperidine rings is 1. The van der Waals surface area contributed by atoms with Crippen molar-refractivity contribution < 1.29 is 13.9 Å². The lowest BCUT2D eigenvalue weighted by atomic mass is 9.84. The van der Waals surface area contributed by atoms with Crippen molar-refractivity contribution in [3.63, 3.8) is 0 Å². The predicted molar refractivity (Wildman–Crippen MR) is 119 cm³/mol. The summed E-state index contributed by atoms with van der Waals surface area (Å²) in [6.45, 7) is 3.47. The number of carbonyl (C=O) groups is 1. The Morgan fingerprint density at radius 2 is 1.77 bits per heavy atom. The van der Waals surface area contributed by atoms with Crippen LogP contribution in [0.5, 0.6) is 5.75 Å². The molecule has 1 aromatic heterocycles. The summed E-state index contributed by atoms with van der Waals surface area (Å²) in [6, 6.07) is 14.7. The summed E-state index contributed by atoms with van der Waals surface area (Å²) in [5.74, 6) is 1.12. The monoisotopic (exact) mass is 418 g/mol. The molecule has 0 radical (unpaired) electrons. The van der Waals surface area contributed by atoms with Crippen LogP contribution in [0.1, 0.15) is 37.8 Å². The lowest BCUT2D eigenvalue weighted by Gasteiger charge is -2.36. The van der Waals surface area contributed by atoms with Gasteiger partial charge in [-0.25, -0.2) is 4.39 Å². The van der Waals surface area contributed by atoms with Crippen molar-refractivity contribution in [1.29, 1.82) is 0 Å². The molecule has 0 bridgehead atoms. The normalized spacial score (nSPS) is 17.5. The van der Waals surface area contributed by atoms with Crippen LogP contribution in [0.15, 0.2) is 48.5 Å². The molecule has 0 atom stereocenters. The van der Waals surface area contributed by atoms with Crippen LogP contribution in [0.3, 0.4) is 0 Å². The highest BCUT2D eigenvalue weighted by molar-refractivity contribution is 5.85. The van der Waals surface area contributed by atoms with Gasteiger partial charge in [-0.05, 0) is 55.7 Å². The maximum absolute atomic E-state index is 14.7. The van der Waals surface area contributed by atoms with Crippen molar-refractivity contribution in [2.24, 2.45) is 5.92 Å². The highest BCUT2D eigenvalue weighted by Crippen LogP contribution is 2.31. The standard InChI is InChI=1S/C26H27FN2O2/c1-17-5-6-20-15-24(27)23(16-25(20)28-17)18-7-9-21(10-8-18)31-22-11-13-29(14-12-22)26(30)19-3-2-4-19/h5-10,15-16,19,22H,2-4,11-14H2,1H3. The molecule has 3 aromatic rings. The fourth-order valence-corrected chi connectivity index (χ4v) is 4.48. The Hall–Kier alpha value is -2.95. The number of nitrogens with zero attached hydrogens (tertiary/aromatic N) is 2. The zero-order chi connectivity index (χ0) is 21.4. The van der Waals surface area contributed by atoms with E-state index in [1.807, 2.05) is 54.3 Å². The van der Waals surface area contributed by atoms with E-state index in [0.717, 1.165) is 66.7 Å². The van der Waals surface area contributed by atoms with Crippen molar-refractivity contribution >= 4 is 16.8 Å². The van der Waals surface area contributed by atoms with E-state index in [1.165, 1.54) is 6.42 Å². The average molecular weight is 419 g/mol. The maximum Gasteiger partial charge on any atom is 0.225 e. The van der Waals surface area contributed by atoms with Gasteiger partial charge in [0.1, 0.15) is 17.7 Å². The van der Waals surface area contributed by atoms with Gasteiger partial charge in [-0.3, -0.25) is 9.78 Å². The van der Waals surface area contributed by atoms with Crippen molar-refractivity contribution in [2.45, 2.75) is 45.1 Å². The molecule has 1 aliphatic carbocycles. The maximum atomic E-state index is 14.7. The second kappa shape index (κ2) is 8.29. The van der Waals surface area contributed by atoms with E-state index in [9.17, 15) is 9.18 Å². The Labute approximate surface area is 182 Å². The Kier molecular flexibility index (Phi) is 5.34. The van der Waals surface area contributed by atoms with Crippen molar-refractivity contribution in [2.75, 3.05) is 13.1 Å². The predicted octanol–water partition coefficient (Wildman–Crippen LogP) is 5.52. The number of carbonyl (C=O) groups excluding carboxylic acids is 1. The third-order valence-electron chi connectivity index (χ3n) is 6.59. The number of aromatic nitrogens is 1.